The molecular weight excluding hydrogens is 212 g/mol. The van der Waals surface area contributed by atoms with Crippen molar-refractivity contribution in [2.75, 3.05) is 11.5 Å². The number of sulfone groups is 1. The van der Waals surface area contributed by atoms with Crippen LogP contribution in [0, 0.1) is 5.92 Å². The molecule has 0 heterocycles. The van der Waals surface area contributed by atoms with E-state index in [0.29, 0.717) is 25.2 Å². The molecule has 4 heteroatoms. The molecule has 0 fully saturated rings. The molecule has 0 rings (SSSR count). The second-order valence-electron chi connectivity index (χ2n) is 4.10. The summed E-state index contributed by atoms with van der Waals surface area (Å²) in [5.41, 5.74) is 0. The van der Waals surface area contributed by atoms with Gasteiger partial charge in [0.15, 0.2) is 0 Å². The Morgan fingerprint density at radius 3 is 2.33 bits per heavy atom. The molecule has 0 aromatic carbocycles. The van der Waals surface area contributed by atoms with Crippen molar-refractivity contribution >= 4 is 15.6 Å². The predicted octanol–water partition coefficient (Wildman–Crippen LogP) is 2.21. The van der Waals surface area contributed by atoms with Crippen LogP contribution in [0.4, 0.5) is 0 Å². The van der Waals surface area contributed by atoms with Crippen molar-refractivity contribution in [2.24, 2.45) is 5.92 Å². The van der Waals surface area contributed by atoms with Crippen LogP contribution in [-0.2, 0) is 14.6 Å². The van der Waals surface area contributed by atoms with Crippen LogP contribution in [0.15, 0.2) is 0 Å². The monoisotopic (exact) mass is 234 g/mol. The molecule has 0 aliphatic carbocycles. The molecule has 3 nitrogen and oxygen atoms in total. The summed E-state index contributed by atoms with van der Waals surface area (Å²) in [7, 11) is -2.90. The molecular formula is C11H22O3S. The lowest BCUT2D eigenvalue weighted by molar-refractivity contribution is -0.119. The summed E-state index contributed by atoms with van der Waals surface area (Å²) in [4.78, 5) is 11.4. The fourth-order valence-corrected chi connectivity index (χ4v) is 2.14. The van der Waals surface area contributed by atoms with Crippen LogP contribution >= 0.6 is 0 Å². The van der Waals surface area contributed by atoms with Crippen LogP contribution in [0.2, 0.25) is 0 Å². The van der Waals surface area contributed by atoms with Gasteiger partial charge in [-0.2, -0.15) is 0 Å². The Morgan fingerprint density at radius 1 is 1.27 bits per heavy atom. The first-order valence-electron chi connectivity index (χ1n) is 5.63. The van der Waals surface area contributed by atoms with Crippen LogP contribution < -0.4 is 0 Å². The second-order valence-corrected chi connectivity index (χ2v) is 6.57. The molecule has 0 N–H and O–H groups in total. The lowest BCUT2D eigenvalue weighted by Gasteiger charge is -2.06. The van der Waals surface area contributed by atoms with Crippen LogP contribution in [-0.4, -0.2) is 25.7 Å². The Labute approximate surface area is 93.2 Å². The van der Waals surface area contributed by atoms with Crippen LogP contribution in [0.1, 0.15) is 46.5 Å². The lowest BCUT2D eigenvalue weighted by Crippen LogP contribution is -2.11. The maximum Gasteiger partial charge on any atom is 0.150 e. The van der Waals surface area contributed by atoms with Crippen molar-refractivity contribution in [1.82, 2.24) is 0 Å². The van der Waals surface area contributed by atoms with E-state index in [1.54, 1.807) is 6.92 Å². The summed E-state index contributed by atoms with van der Waals surface area (Å²) >= 11 is 0. The molecule has 0 aliphatic heterocycles. The zero-order valence-corrected chi connectivity index (χ0v) is 10.8. The zero-order chi connectivity index (χ0) is 11.9. The van der Waals surface area contributed by atoms with E-state index in [9.17, 15) is 13.2 Å². The number of hydrogen-bond donors (Lipinski definition) is 0. The first kappa shape index (κ1) is 14.6. The van der Waals surface area contributed by atoms with E-state index in [0.717, 1.165) is 6.42 Å². The van der Waals surface area contributed by atoms with E-state index in [1.807, 2.05) is 6.92 Å². The third-order valence-electron chi connectivity index (χ3n) is 2.62. The van der Waals surface area contributed by atoms with Crippen molar-refractivity contribution in [3.63, 3.8) is 0 Å². The predicted molar refractivity (Wildman–Crippen MR) is 62.6 cm³/mol. The number of carbonyl (C=O) groups excluding carboxylic acids is 1. The van der Waals surface area contributed by atoms with Gasteiger partial charge in [-0.25, -0.2) is 8.42 Å². The summed E-state index contributed by atoms with van der Waals surface area (Å²) in [6.07, 6.45) is 2.47. The minimum Gasteiger partial charge on any atom is -0.300 e. The van der Waals surface area contributed by atoms with Gasteiger partial charge in [0.2, 0.25) is 0 Å². The van der Waals surface area contributed by atoms with Gasteiger partial charge in [-0.1, -0.05) is 27.2 Å². The molecule has 0 bridgehead atoms. The number of Topliss-reactive ketones (excluding diaryl/α,β-unsaturated/α-hetero) is 1. The molecule has 1 unspecified atom stereocenters. The summed E-state index contributed by atoms with van der Waals surface area (Å²) in [6, 6.07) is 0. The molecule has 1 atom stereocenters. The first-order chi connectivity index (χ1) is 6.91. The smallest absolute Gasteiger partial charge is 0.150 e. The van der Waals surface area contributed by atoms with Gasteiger partial charge in [0, 0.05) is 18.6 Å². The molecule has 0 saturated heterocycles. The third-order valence-corrected chi connectivity index (χ3v) is 4.41. The fourth-order valence-electron chi connectivity index (χ4n) is 1.27. The quantitative estimate of drug-likeness (QED) is 0.647. The number of carbonyl (C=O) groups is 1. The molecule has 15 heavy (non-hydrogen) atoms. The Hall–Kier alpha value is -0.380. The van der Waals surface area contributed by atoms with Gasteiger partial charge in [0.1, 0.15) is 15.6 Å². The summed E-state index contributed by atoms with van der Waals surface area (Å²) < 4.78 is 22.3. The molecule has 0 aliphatic rings. The summed E-state index contributed by atoms with van der Waals surface area (Å²) in [6.45, 7) is 5.73. The highest BCUT2D eigenvalue weighted by Crippen LogP contribution is 2.09. The van der Waals surface area contributed by atoms with Gasteiger partial charge >= 0.3 is 0 Å². The summed E-state index contributed by atoms with van der Waals surface area (Å²) in [5, 5.41) is 0. The highest BCUT2D eigenvalue weighted by Gasteiger charge is 2.10. The Bertz CT molecular complexity index is 280. The molecule has 0 spiro atoms. The minimum atomic E-state index is -2.90. The van der Waals surface area contributed by atoms with Crippen molar-refractivity contribution < 1.29 is 13.2 Å². The first-order valence-corrected chi connectivity index (χ1v) is 7.45. The third kappa shape index (κ3) is 7.54. The van der Waals surface area contributed by atoms with Gasteiger partial charge in [-0.15, -0.1) is 0 Å². The van der Waals surface area contributed by atoms with Gasteiger partial charge in [0.25, 0.3) is 0 Å². The fraction of sp³-hybridized carbons (Fsp3) is 0.909. The molecule has 90 valence electrons. The normalized spacial score (nSPS) is 13.8. The summed E-state index contributed by atoms with van der Waals surface area (Å²) in [5.74, 6) is 0.929. The highest BCUT2D eigenvalue weighted by atomic mass is 32.2. The standard InChI is InChI=1S/C11H22O3S/c1-4-10(3)9-11(12)7-6-8-15(13,14)5-2/h10H,4-9H2,1-3H3. The largest absolute Gasteiger partial charge is 0.300 e. The van der Waals surface area contributed by atoms with E-state index in [1.165, 1.54) is 0 Å². The molecule has 0 saturated carbocycles. The van der Waals surface area contributed by atoms with Crippen molar-refractivity contribution in [3.05, 3.63) is 0 Å². The van der Waals surface area contributed by atoms with E-state index < -0.39 is 9.84 Å². The number of rotatable bonds is 8. The van der Waals surface area contributed by atoms with E-state index in [4.69, 9.17) is 0 Å². The number of hydrogen-bond acceptors (Lipinski definition) is 3. The van der Waals surface area contributed by atoms with Crippen molar-refractivity contribution in [3.8, 4) is 0 Å². The maximum atomic E-state index is 11.4. The van der Waals surface area contributed by atoms with Gasteiger partial charge in [0.05, 0.1) is 5.75 Å². The average Bonchev–Trinajstić information content (AvgIpc) is 2.17. The number of ketones is 1. The Morgan fingerprint density at radius 2 is 1.87 bits per heavy atom. The van der Waals surface area contributed by atoms with E-state index >= 15 is 0 Å². The maximum absolute atomic E-state index is 11.4. The van der Waals surface area contributed by atoms with Crippen molar-refractivity contribution in [2.45, 2.75) is 46.5 Å². The van der Waals surface area contributed by atoms with Crippen molar-refractivity contribution in [1.29, 1.82) is 0 Å². The van der Waals surface area contributed by atoms with E-state index in [2.05, 4.69) is 6.92 Å². The van der Waals surface area contributed by atoms with Crippen LogP contribution in [0.3, 0.4) is 0 Å². The Kier molecular flexibility index (Phi) is 6.81. The second kappa shape index (κ2) is 6.99. The molecule has 0 aromatic heterocycles. The van der Waals surface area contributed by atoms with E-state index in [-0.39, 0.29) is 17.3 Å². The topological polar surface area (TPSA) is 51.2 Å². The SMILES string of the molecule is CCC(C)CC(=O)CCCS(=O)(=O)CC. The van der Waals surface area contributed by atoms with Crippen LogP contribution in [0.25, 0.3) is 0 Å². The average molecular weight is 234 g/mol. The van der Waals surface area contributed by atoms with Gasteiger partial charge in [-0.05, 0) is 12.3 Å². The van der Waals surface area contributed by atoms with Gasteiger partial charge < -0.3 is 0 Å². The minimum absolute atomic E-state index is 0.149. The zero-order valence-electron chi connectivity index (χ0n) is 9.95. The lowest BCUT2D eigenvalue weighted by atomic mass is 10.00. The van der Waals surface area contributed by atoms with Gasteiger partial charge in [-0.3, -0.25) is 4.79 Å². The molecule has 0 amide bonds. The van der Waals surface area contributed by atoms with Crippen LogP contribution in [0.5, 0.6) is 0 Å². The highest BCUT2D eigenvalue weighted by molar-refractivity contribution is 7.91. The molecule has 0 aromatic rings. The Balaban J connectivity index is 3.74. The molecule has 0 radical (unpaired) electrons.